The van der Waals surface area contributed by atoms with Crippen LogP contribution in [-0.2, 0) is 11.3 Å². The molecule has 226 valence electrons. The summed E-state index contributed by atoms with van der Waals surface area (Å²) in [7, 11) is 4.94. The molecule has 3 heterocycles. The van der Waals surface area contributed by atoms with Crippen LogP contribution in [0.15, 0.2) is 30.5 Å². The Morgan fingerprint density at radius 1 is 1.10 bits per heavy atom. The van der Waals surface area contributed by atoms with Gasteiger partial charge in [0.2, 0.25) is 0 Å². The van der Waals surface area contributed by atoms with E-state index in [9.17, 15) is 22.4 Å². The molecule has 0 radical (unpaired) electrons. The molecule has 15 heteroatoms. The first kappa shape index (κ1) is 30.7. The number of benzene rings is 1. The Balaban J connectivity index is 0.000000517. The third kappa shape index (κ3) is 7.72. The van der Waals surface area contributed by atoms with Crippen molar-refractivity contribution >= 4 is 34.5 Å². The molecule has 0 atom stereocenters. The van der Waals surface area contributed by atoms with Gasteiger partial charge in [0.1, 0.15) is 22.8 Å². The number of carbonyl (C=O) groups is 2. The van der Waals surface area contributed by atoms with Crippen molar-refractivity contribution in [1.29, 1.82) is 0 Å². The van der Waals surface area contributed by atoms with E-state index in [-0.39, 0.29) is 11.7 Å². The van der Waals surface area contributed by atoms with Gasteiger partial charge in [0, 0.05) is 64.5 Å². The Morgan fingerprint density at radius 2 is 1.76 bits per heavy atom. The molecule has 5 rings (SSSR count). The van der Waals surface area contributed by atoms with Crippen LogP contribution in [0.3, 0.4) is 0 Å². The van der Waals surface area contributed by atoms with Gasteiger partial charge in [-0.1, -0.05) is 6.07 Å². The molecule has 3 aromatic rings. The van der Waals surface area contributed by atoms with Gasteiger partial charge in [-0.05, 0) is 25.0 Å². The molecular formula is C27H31F4N7O4. The van der Waals surface area contributed by atoms with Gasteiger partial charge in [-0.2, -0.15) is 13.2 Å². The van der Waals surface area contributed by atoms with Crippen molar-refractivity contribution in [3.8, 4) is 5.75 Å². The zero-order valence-corrected chi connectivity index (χ0v) is 23.3. The quantitative estimate of drug-likeness (QED) is 0.394. The van der Waals surface area contributed by atoms with E-state index < -0.39 is 12.1 Å². The first-order chi connectivity index (χ1) is 19.8. The summed E-state index contributed by atoms with van der Waals surface area (Å²) in [5.41, 5.74) is 2.31. The maximum absolute atomic E-state index is 14.4. The molecule has 1 saturated carbocycles. The zero-order chi connectivity index (χ0) is 30.6. The van der Waals surface area contributed by atoms with Gasteiger partial charge in [0.05, 0.1) is 18.8 Å². The van der Waals surface area contributed by atoms with Gasteiger partial charge in [0.25, 0.3) is 5.91 Å². The number of carboxylic acids is 1. The second-order valence-electron chi connectivity index (χ2n) is 10.1. The fraction of sp³-hybridized carbons (Fsp3) is 0.444. The van der Waals surface area contributed by atoms with Crippen LogP contribution < -0.4 is 15.0 Å². The summed E-state index contributed by atoms with van der Waals surface area (Å²) >= 11 is 0. The lowest BCUT2D eigenvalue weighted by Gasteiger charge is -2.36. The Hall–Kier alpha value is -4.27. The number of rotatable bonds is 7. The molecule has 2 N–H and O–H groups in total. The number of nitrogens with zero attached hydrogens (tertiary/aromatic N) is 6. The molecule has 42 heavy (non-hydrogen) atoms. The number of carbonyl (C=O) groups excluding carboxylic acids is 1. The smallest absolute Gasteiger partial charge is 0.490 e. The van der Waals surface area contributed by atoms with Crippen molar-refractivity contribution in [2.75, 3.05) is 57.6 Å². The molecule has 11 nitrogen and oxygen atoms in total. The fourth-order valence-corrected chi connectivity index (χ4v) is 4.18. The number of carboxylic acid groups (broad SMARTS) is 1. The predicted octanol–water partition coefficient (Wildman–Crippen LogP) is 3.40. The van der Waals surface area contributed by atoms with Gasteiger partial charge in [-0.15, -0.1) is 0 Å². The van der Waals surface area contributed by atoms with Crippen molar-refractivity contribution in [3.63, 3.8) is 0 Å². The Kier molecular flexibility index (Phi) is 9.29. The van der Waals surface area contributed by atoms with Gasteiger partial charge in [-0.25, -0.2) is 24.1 Å². The summed E-state index contributed by atoms with van der Waals surface area (Å²) < 4.78 is 51.3. The van der Waals surface area contributed by atoms with Crippen molar-refractivity contribution in [2.24, 2.45) is 0 Å². The molecule has 1 amide bonds. The van der Waals surface area contributed by atoms with E-state index in [0.717, 1.165) is 50.7 Å². The largest absolute Gasteiger partial charge is 0.497 e. The van der Waals surface area contributed by atoms with E-state index in [0.29, 0.717) is 40.6 Å². The first-order valence-electron chi connectivity index (χ1n) is 13.1. The second-order valence-corrected chi connectivity index (χ2v) is 10.1. The van der Waals surface area contributed by atoms with Crippen molar-refractivity contribution in [1.82, 2.24) is 24.8 Å². The third-order valence-electron chi connectivity index (χ3n) is 6.64. The zero-order valence-electron chi connectivity index (χ0n) is 23.3. The number of pyridine rings is 1. The average molecular weight is 594 g/mol. The van der Waals surface area contributed by atoms with Crippen LogP contribution in [0.4, 0.5) is 29.2 Å². The summed E-state index contributed by atoms with van der Waals surface area (Å²) in [6.07, 6.45) is -1.24. The number of anilines is 2. The second kappa shape index (κ2) is 12.7. The van der Waals surface area contributed by atoms with Gasteiger partial charge in [-0.3, -0.25) is 9.69 Å². The van der Waals surface area contributed by atoms with Crippen molar-refractivity contribution < 1.29 is 37.0 Å². The van der Waals surface area contributed by atoms with E-state index in [1.807, 2.05) is 0 Å². The van der Waals surface area contributed by atoms with Gasteiger partial charge in [0.15, 0.2) is 11.6 Å². The molecular weight excluding hydrogens is 562 g/mol. The lowest BCUT2D eigenvalue weighted by Crippen LogP contribution is -2.46. The topological polar surface area (TPSA) is 124 Å². The number of nitrogens with one attached hydrogen (secondary N) is 1. The van der Waals surface area contributed by atoms with Crippen LogP contribution in [0.2, 0.25) is 0 Å². The van der Waals surface area contributed by atoms with Crippen molar-refractivity contribution in [2.45, 2.75) is 31.6 Å². The number of ether oxygens (including phenoxy) is 1. The molecule has 2 aromatic heterocycles. The number of alkyl halides is 3. The van der Waals surface area contributed by atoms with Gasteiger partial charge < -0.3 is 25.0 Å². The number of halogens is 4. The van der Waals surface area contributed by atoms with E-state index in [4.69, 9.17) is 24.6 Å². The molecule has 1 aromatic carbocycles. The Labute approximate surface area is 239 Å². The summed E-state index contributed by atoms with van der Waals surface area (Å²) in [4.78, 5) is 41.2. The SMILES string of the molecule is COc1ccc(CN2CCN(c3nc4cnc(C(=O)N(C)C)cc4nc3NC3CC3)CC2)c(F)c1.O=C(O)C(F)(F)F. The van der Waals surface area contributed by atoms with E-state index in [1.54, 1.807) is 38.5 Å². The first-order valence-corrected chi connectivity index (χ1v) is 13.1. The van der Waals surface area contributed by atoms with Crippen LogP contribution in [-0.4, -0.2) is 101 Å². The van der Waals surface area contributed by atoms with Crippen LogP contribution >= 0.6 is 0 Å². The standard InChI is InChI=1S/C25H30FN7O2.C2HF3O2/c1-31(2)25(34)21-13-20-22(14-27-21)30-24(23(29-20)28-17-5-6-17)33-10-8-32(9-11-33)15-16-4-7-18(35-3)12-19(16)26;3-2(4,5)1(6)7/h4,7,12-14,17H,5-6,8-11,15H2,1-3H3,(H,28,29);(H,6,7). The van der Waals surface area contributed by atoms with Crippen LogP contribution in [0.25, 0.3) is 11.0 Å². The van der Waals surface area contributed by atoms with Crippen LogP contribution in [0, 0.1) is 5.82 Å². The number of hydrogen-bond acceptors (Lipinski definition) is 9. The molecule has 1 aliphatic carbocycles. The molecule has 1 saturated heterocycles. The lowest BCUT2D eigenvalue weighted by molar-refractivity contribution is -0.192. The third-order valence-corrected chi connectivity index (χ3v) is 6.64. The van der Waals surface area contributed by atoms with E-state index in [1.165, 1.54) is 18.1 Å². The Morgan fingerprint density at radius 3 is 2.31 bits per heavy atom. The predicted molar refractivity (Wildman–Crippen MR) is 146 cm³/mol. The van der Waals surface area contributed by atoms with Crippen molar-refractivity contribution in [3.05, 3.63) is 47.5 Å². The summed E-state index contributed by atoms with van der Waals surface area (Å²) in [6, 6.07) is 7.12. The molecule has 2 aliphatic rings. The van der Waals surface area contributed by atoms with Gasteiger partial charge >= 0.3 is 12.1 Å². The highest BCUT2D eigenvalue weighted by atomic mass is 19.4. The maximum atomic E-state index is 14.4. The summed E-state index contributed by atoms with van der Waals surface area (Å²) in [5.74, 6) is -1.11. The number of aromatic nitrogens is 3. The molecule has 0 unspecified atom stereocenters. The number of piperazine rings is 1. The maximum Gasteiger partial charge on any atom is 0.490 e. The average Bonchev–Trinajstić information content (AvgIpc) is 3.77. The highest BCUT2D eigenvalue weighted by molar-refractivity contribution is 5.95. The molecule has 0 spiro atoms. The minimum absolute atomic E-state index is 0.168. The number of aliphatic carboxylic acids is 1. The number of fused-ring (bicyclic) bond motifs is 1. The normalized spacial score (nSPS) is 15.5. The number of methoxy groups -OCH3 is 1. The number of hydrogen-bond donors (Lipinski definition) is 2. The van der Waals surface area contributed by atoms with Crippen LogP contribution in [0.1, 0.15) is 28.9 Å². The fourth-order valence-electron chi connectivity index (χ4n) is 4.18. The molecule has 0 bridgehead atoms. The summed E-state index contributed by atoms with van der Waals surface area (Å²) in [6.45, 7) is 3.61. The Bertz CT molecular complexity index is 1440. The number of amides is 1. The highest BCUT2D eigenvalue weighted by Gasteiger charge is 2.38. The van der Waals surface area contributed by atoms with E-state index >= 15 is 0 Å². The van der Waals surface area contributed by atoms with Crippen LogP contribution in [0.5, 0.6) is 5.75 Å². The minimum atomic E-state index is -5.08. The summed E-state index contributed by atoms with van der Waals surface area (Å²) in [5, 5.41) is 10.6. The molecule has 1 aliphatic heterocycles. The monoisotopic (exact) mass is 593 g/mol. The highest BCUT2D eigenvalue weighted by Crippen LogP contribution is 2.31. The van der Waals surface area contributed by atoms with E-state index in [2.05, 4.69) is 20.1 Å². The lowest BCUT2D eigenvalue weighted by atomic mass is 10.1. The molecule has 2 fully saturated rings. The minimum Gasteiger partial charge on any atom is -0.497 e.